The first-order chi connectivity index (χ1) is 17.4. The lowest BCUT2D eigenvalue weighted by atomic mass is 9.78. The molecular formula is C27H39N3O7. The molecule has 0 saturated carbocycles. The van der Waals surface area contributed by atoms with E-state index in [1.54, 1.807) is 30.6 Å². The SMILES string of the molecule is CC(C)(C)OC(=O)N1CCC[C@H](N(CC(=O)O)C(=O)C2(C)CCN(C(=O)OCc3ccccc3)CC2)C1. The van der Waals surface area contributed by atoms with Crippen molar-refractivity contribution in [2.75, 3.05) is 32.7 Å². The average Bonchev–Trinajstić information content (AvgIpc) is 2.85. The molecule has 1 aromatic rings. The number of amides is 3. The number of carbonyl (C=O) groups is 4. The van der Waals surface area contributed by atoms with Crippen LogP contribution in [0.4, 0.5) is 9.59 Å². The van der Waals surface area contributed by atoms with Crippen molar-refractivity contribution in [1.82, 2.24) is 14.7 Å². The molecule has 0 unspecified atom stereocenters. The van der Waals surface area contributed by atoms with Crippen LogP contribution in [0.25, 0.3) is 0 Å². The van der Waals surface area contributed by atoms with Gasteiger partial charge in [-0.05, 0) is 52.0 Å². The molecule has 1 atom stereocenters. The van der Waals surface area contributed by atoms with Crippen LogP contribution < -0.4 is 0 Å². The van der Waals surface area contributed by atoms with Crippen molar-refractivity contribution < 1.29 is 33.8 Å². The Morgan fingerprint density at radius 1 is 1.03 bits per heavy atom. The van der Waals surface area contributed by atoms with Gasteiger partial charge in [-0.25, -0.2) is 9.59 Å². The molecule has 0 aliphatic carbocycles. The number of hydrogen-bond donors (Lipinski definition) is 1. The molecule has 2 aliphatic rings. The molecule has 10 nitrogen and oxygen atoms in total. The molecule has 1 aromatic carbocycles. The van der Waals surface area contributed by atoms with E-state index >= 15 is 0 Å². The molecule has 3 rings (SSSR count). The number of ether oxygens (including phenoxy) is 2. The molecule has 2 heterocycles. The largest absolute Gasteiger partial charge is 0.480 e. The van der Waals surface area contributed by atoms with Gasteiger partial charge in [-0.3, -0.25) is 9.59 Å². The molecule has 0 bridgehead atoms. The van der Waals surface area contributed by atoms with Gasteiger partial charge < -0.3 is 29.3 Å². The van der Waals surface area contributed by atoms with Crippen molar-refractivity contribution in [1.29, 1.82) is 0 Å². The average molecular weight is 518 g/mol. The Kier molecular flexibility index (Phi) is 9.04. The number of hydrogen-bond acceptors (Lipinski definition) is 6. The number of likely N-dealkylation sites (tertiary alicyclic amines) is 2. The summed E-state index contributed by atoms with van der Waals surface area (Å²) in [6.45, 7) is 8.33. The van der Waals surface area contributed by atoms with E-state index in [1.807, 2.05) is 37.3 Å². The maximum Gasteiger partial charge on any atom is 0.410 e. The van der Waals surface area contributed by atoms with Crippen LogP contribution in [0.3, 0.4) is 0 Å². The number of carboxylic acids is 1. The van der Waals surface area contributed by atoms with Crippen LogP contribution >= 0.6 is 0 Å². The van der Waals surface area contributed by atoms with Gasteiger partial charge in [0.05, 0.1) is 6.04 Å². The van der Waals surface area contributed by atoms with E-state index < -0.39 is 41.8 Å². The van der Waals surface area contributed by atoms with Gasteiger partial charge in [-0.1, -0.05) is 37.3 Å². The van der Waals surface area contributed by atoms with Gasteiger partial charge in [-0.2, -0.15) is 0 Å². The lowest BCUT2D eigenvalue weighted by Gasteiger charge is -2.44. The van der Waals surface area contributed by atoms with Crippen LogP contribution in [-0.2, 0) is 25.7 Å². The maximum absolute atomic E-state index is 13.7. The van der Waals surface area contributed by atoms with Crippen molar-refractivity contribution in [2.45, 2.75) is 71.6 Å². The smallest absolute Gasteiger partial charge is 0.410 e. The van der Waals surface area contributed by atoms with Gasteiger partial charge in [0.1, 0.15) is 18.8 Å². The van der Waals surface area contributed by atoms with E-state index in [1.165, 1.54) is 4.90 Å². The molecule has 2 aliphatic heterocycles. The topological polar surface area (TPSA) is 117 Å². The summed E-state index contributed by atoms with van der Waals surface area (Å²) in [6, 6.07) is 8.99. The zero-order valence-electron chi connectivity index (χ0n) is 22.3. The molecular weight excluding hydrogens is 478 g/mol. The van der Waals surface area contributed by atoms with Gasteiger partial charge in [0, 0.05) is 31.6 Å². The molecule has 10 heteroatoms. The van der Waals surface area contributed by atoms with E-state index in [4.69, 9.17) is 9.47 Å². The number of benzene rings is 1. The summed E-state index contributed by atoms with van der Waals surface area (Å²) in [5.74, 6) is -1.36. The highest BCUT2D eigenvalue weighted by Gasteiger charge is 2.44. The fourth-order valence-corrected chi connectivity index (χ4v) is 4.77. The summed E-state index contributed by atoms with van der Waals surface area (Å²) < 4.78 is 10.9. The zero-order valence-corrected chi connectivity index (χ0v) is 22.3. The van der Waals surface area contributed by atoms with Crippen LogP contribution in [0.2, 0.25) is 0 Å². The summed E-state index contributed by atoms with van der Waals surface area (Å²) in [5, 5.41) is 9.57. The number of carboxylic acid groups (broad SMARTS) is 1. The van der Waals surface area contributed by atoms with Crippen molar-refractivity contribution in [3.63, 3.8) is 0 Å². The second-order valence-corrected chi connectivity index (χ2v) is 11.1. The number of rotatable bonds is 6. The second-order valence-electron chi connectivity index (χ2n) is 11.1. The molecule has 0 radical (unpaired) electrons. The van der Waals surface area contributed by atoms with E-state index in [2.05, 4.69) is 0 Å². The number of piperidine rings is 2. The van der Waals surface area contributed by atoms with Gasteiger partial charge in [0.2, 0.25) is 5.91 Å². The van der Waals surface area contributed by atoms with Crippen LogP contribution in [-0.4, -0.2) is 88.2 Å². The number of nitrogens with zero attached hydrogens (tertiary/aromatic N) is 3. The third kappa shape index (κ3) is 7.84. The summed E-state index contributed by atoms with van der Waals surface area (Å²) in [6.07, 6.45) is 1.14. The molecule has 0 aromatic heterocycles. The highest BCUT2D eigenvalue weighted by Crippen LogP contribution is 2.35. The van der Waals surface area contributed by atoms with E-state index in [9.17, 15) is 24.3 Å². The van der Waals surface area contributed by atoms with Gasteiger partial charge in [0.15, 0.2) is 0 Å². The number of aliphatic carboxylic acids is 1. The Morgan fingerprint density at radius 2 is 1.68 bits per heavy atom. The Bertz CT molecular complexity index is 968. The summed E-state index contributed by atoms with van der Waals surface area (Å²) in [4.78, 5) is 55.2. The van der Waals surface area contributed by atoms with Crippen LogP contribution in [0, 0.1) is 5.41 Å². The standard InChI is InChI=1S/C27H39N3O7/c1-26(2,3)37-25(35)29-14-8-11-21(17-29)30(18-22(31)32)23(33)27(4)12-15-28(16-13-27)24(34)36-19-20-9-6-5-7-10-20/h5-7,9-10,21H,8,11-19H2,1-4H3,(H,31,32)/t21-/m0/s1. The first-order valence-corrected chi connectivity index (χ1v) is 12.8. The Balaban J connectivity index is 1.62. The van der Waals surface area contributed by atoms with Crippen LogP contribution in [0.1, 0.15) is 58.9 Å². The second kappa shape index (κ2) is 11.8. The molecule has 204 valence electrons. The monoisotopic (exact) mass is 517 g/mol. The van der Waals surface area contributed by atoms with Gasteiger partial charge >= 0.3 is 18.2 Å². The summed E-state index contributed by atoms with van der Waals surface area (Å²) in [7, 11) is 0. The molecule has 1 N–H and O–H groups in total. The minimum Gasteiger partial charge on any atom is -0.480 e. The van der Waals surface area contributed by atoms with Crippen LogP contribution in [0.15, 0.2) is 30.3 Å². The first kappa shape index (κ1) is 28.3. The molecule has 3 amide bonds. The van der Waals surface area contributed by atoms with Crippen molar-refractivity contribution in [3.8, 4) is 0 Å². The third-order valence-corrected chi connectivity index (χ3v) is 6.90. The van der Waals surface area contributed by atoms with Crippen LogP contribution in [0.5, 0.6) is 0 Å². The molecule has 37 heavy (non-hydrogen) atoms. The highest BCUT2D eigenvalue weighted by atomic mass is 16.6. The van der Waals surface area contributed by atoms with Crippen molar-refractivity contribution in [2.24, 2.45) is 5.41 Å². The van der Waals surface area contributed by atoms with Gasteiger partial charge in [0.25, 0.3) is 0 Å². The fourth-order valence-electron chi connectivity index (χ4n) is 4.77. The van der Waals surface area contributed by atoms with Crippen molar-refractivity contribution >= 4 is 24.1 Å². The molecule has 2 saturated heterocycles. The predicted molar refractivity (Wildman–Crippen MR) is 136 cm³/mol. The van der Waals surface area contributed by atoms with E-state index in [0.29, 0.717) is 45.3 Å². The normalized spacial score (nSPS) is 19.6. The summed E-state index contributed by atoms with van der Waals surface area (Å²) >= 11 is 0. The minimum absolute atomic E-state index is 0.175. The quantitative estimate of drug-likeness (QED) is 0.611. The van der Waals surface area contributed by atoms with E-state index in [-0.39, 0.29) is 19.1 Å². The third-order valence-electron chi connectivity index (χ3n) is 6.90. The predicted octanol–water partition coefficient (Wildman–Crippen LogP) is 3.74. The lowest BCUT2D eigenvalue weighted by molar-refractivity contribution is -0.154. The van der Waals surface area contributed by atoms with Gasteiger partial charge in [-0.15, -0.1) is 0 Å². The van der Waals surface area contributed by atoms with E-state index in [0.717, 1.165) is 5.56 Å². The Hall–Kier alpha value is -3.30. The molecule has 0 spiro atoms. The molecule has 2 fully saturated rings. The number of carbonyl (C=O) groups excluding carboxylic acids is 3. The van der Waals surface area contributed by atoms with Crippen molar-refractivity contribution in [3.05, 3.63) is 35.9 Å². The maximum atomic E-state index is 13.7. The lowest BCUT2D eigenvalue weighted by Crippen LogP contribution is -2.58. The minimum atomic E-state index is -1.10. The Morgan fingerprint density at radius 3 is 2.27 bits per heavy atom. The highest BCUT2D eigenvalue weighted by molar-refractivity contribution is 5.86. The summed E-state index contributed by atoms with van der Waals surface area (Å²) in [5.41, 5.74) is -0.575. The zero-order chi connectivity index (χ0) is 27.2. The fraction of sp³-hybridized carbons (Fsp3) is 0.630. The first-order valence-electron chi connectivity index (χ1n) is 12.8. The Labute approximate surface area is 218 Å².